The van der Waals surface area contributed by atoms with Crippen molar-refractivity contribution in [3.63, 3.8) is 0 Å². The normalized spacial score (nSPS) is 17.6. The second-order valence-corrected chi connectivity index (χ2v) is 18.6. The van der Waals surface area contributed by atoms with E-state index in [4.69, 9.17) is 9.72 Å². The van der Waals surface area contributed by atoms with Gasteiger partial charge in [0.25, 0.3) is 15.9 Å². The zero-order valence-electron chi connectivity index (χ0n) is 22.2. The summed E-state index contributed by atoms with van der Waals surface area (Å²) in [7, 11) is -5.45. The zero-order valence-corrected chi connectivity index (χ0v) is 24.0. The third-order valence-electron chi connectivity index (χ3n) is 6.17. The Balaban J connectivity index is 1.70. The lowest BCUT2D eigenvalue weighted by molar-refractivity contribution is 0.0981. The van der Waals surface area contributed by atoms with Gasteiger partial charge in [0.15, 0.2) is 5.82 Å². The van der Waals surface area contributed by atoms with E-state index in [0.717, 1.165) is 6.42 Å². The van der Waals surface area contributed by atoms with Crippen LogP contribution in [-0.4, -0.2) is 55.5 Å². The molecule has 4 rings (SSSR count). The van der Waals surface area contributed by atoms with Gasteiger partial charge in [0.05, 0.1) is 24.8 Å². The summed E-state index contributed by atoms with van der Waals surface area (Å²) in [5.74, 6) is 1.10. The number of rotatable bonds is 8. The number of carbonyl (C=O) groups is 1. The Labute approximate surface area is 219 Å². The molecule has 1 N–H and O–H groups in total. The lowest BCUT2D eigenvalue weighted by atomic mass is 9.97. The standard InChI is InChI=1S/C26H35N5O4SSi/c1-19-16-26(2,3)30(17-19)24-21(25(32)29-36(33,34)20-10-8-7-9-11-20)12-13-22(27-24)31-15-14-23(28-31)35-18-37(4,5)6/h7-15,19H,16-18H2,1-6H3,(H,29,32)/t19-/m0/s1. The Bertz CT molecular complexity index is 1380. The van der Waals surface area contributed by atoms with Gasteiger partial charge in [-0.3, -0.25) is 4.79 Å². The highest BCUT2D eigenvalue weighted by Crippen LogP contribution is 2.37. The number of pyridine rings is 1. The molecular weight excluding hydrogens is 506 g/mol. The van der Waals surface area contributed by atoms with Crippen LogP contribution in [-0.2, 0) is 10.0 Å². The molecule has 198 valence electrons. The second-order valence-electron chi connectivity index (χ2n) is 11.5. The summed E-state index contributed by atoms with van der Waals surface area (Å²) < 4.78 is 35.4. The van der Waals surface area contributed by atoms with E-state index in [0.29, 0.717) is 36.2 Å². The quantitative estimate of drug-likeness (QED) is 0.425. The monoisotopic (exact) mass is 541 g/mol. The van der Waals surface area contributed by atoms with Gasteiger partial charge < -0.3 is 9.64 Å². The van der Waals surface area contributed by atoms with Crippen LogP contribution in [0.1, 0.15) is 37.6 Å². The number of nitrogens with one attached hydrogen (secondary N) is 1. The van der Waals surface area contributed by atoms with E-state index in [2.05, 4.69) is 55.1 Å². The lowest BCUT2D eigenvalue weighted by Gasteiger charge is -2.34. The SMILES string of the molecule is C[C@@H]1CN(c2nc(-n3ccc(OC[Si](C)(C)C)n3)ccc2C(=O)NS(=O)(=O)c2ccccc2)C(C)(C)C1. The van der Waals surface area contributed by atoms with Gasteiger partial charge in [0, 0.05) is 24.3 Å². The minimum absolute atomic E-state index is 0.0204. The van der Waals surface area contributed by atoms with Gasteiger partial charge >= 0.3 is 0 Å². The van der Waals surface area contributed by atoms with Crippen molar-refractivity contribution in [3.05, 3.63) is 60.3 Å². The largest absolute Gasteiger partial charge is 0.480 e. The first kappa shape index (κ1) is 26.9. The first-order valence-corrected chi connectivity index (χ1v) is 17.5. The summed E-state index contributed by atoms with van der Waals surface area (Å²) in [4.78, 5) is 20.3. The van der Waals surface area contributed by atoms with Gasteiger partial charge in [0.1, 0.15) is 5.82 Å². The average Bonchev–Trinajstić information content (AvgIpc) is 3.40. The molecule has 0 saturated carbocycles. The van der Waals surface area contributed by atoms with Crippen LogP contribution in [0.4, 0.5) is 5.82 Å². The van der Waals surface area contributed by atoms with E-state index in [-0.39, 0.29) is 16.0 Å². The fraction of sp³-hybridized carbons (Fsp3) is 0.423. The molecule has 1 aliphatic heterocycles. The molecule has 11 heteroatoms. The van der Waals surface area contributed by atoms with Gasteiger partial charge in [-0.05, 0) is 50.5 Å². The maximum atomic E-state index is 13.3. The number of carbonyl (C=O) groups excluding carboxylic acids is 1. The van der Waals surface area contributed by atoms with Crippen molar-refractivity contribution >= 4 is 29.8 Å². The van der Waals surface area contributed by atoms with Crippen LogP contribution in [0, 0.1) is 5.92 Å². The first-order chi connectivity index (χ1) is 17.2. The number of hydrogen-bond acceptors (Lipinski definition) is 7. The van der Waals surface area contributed by atoms with Gasteiger partial charge in [0.2, 0.25) is 5.88 Å². The number of amides is 1. The average molecular weight is 542 g/mol. The Morgan fingerprint density at radius 2 is 1.84 bits per heavy atom. The third-order valence-corrected chi connectivity index (χ3v) is 8.52. The molecule has 0 aliphatic carbocycles. The third kappa shape index (κ3) is 6.21. The van der Waals surface area contributed by atoms with E-state index in [1.54, 1.807) is 47.3 Å². The van der Waals surface area contributed by atoms with Crippen molar-refractivity contribution in [2.75, 3.05) is 17.7 Å². The number of hydrogen-bond donors (Lipinski definition) is 1. The summed E-state index contributed by atoms with van der Waals surface area (Å²) in [6, 6.07) is 12.9. The molecule has 0 spiro atoms. The van der Waals surface area contributed by atoms with Crippen molar-refractivity contribution in [3.8, 4) is 11.7 Å². The number of sulfonamides is 1. The number of nitrogens with zero attached hydrogens (tertiary/aromatic N) is 4. The number of ether oxygens (including phenoxy) is 1. The molecule has 1 amide bonds. The topological polar surface area (TPSA) is 106 Å². The molecule has 37 heavy (non-hydrogen) atoms. The smallest absolute Gasteiger partial charge is 0.268 e. The molecule has 3 aromatic rings. The molecule has 1 aromatic carbocycles. The molecule has 2 aromatic heterocycles. The number of aromatic nitrogens is 3. The number of anilines is 1. The second kappa shape index (κ2) is 9.94. The van der Waals surface area contributed by atoms with Crippen molar-refractivity contribution in [2.24, 2.45) is 5.92 Å². The van der Waals surface area contributed by atoms with Gasteiger partial charge in [-0.2, -0.15) is 0 Å². The molecule has 1 aliphatic rings. The van der Waals surface area contributed by atoms with Crippen molar-refractivity contribution in [1.82, 2.24) is 19.5 Å². The molecule has 0 bridgehead atoms. The predicted octanol–water partition coefficient (Wildman–Crippen LogP) is 4.27. The van der Waals surface area contributed by atoms with Crippen LogP contribution < -0.4 is 14.4 Å². The van der Waals surface area contributed by atoms with E-state index >= 15 is 0 Å². The van der Waals surface area contributed by atoms with Crippen LogP contribution in [0.3, 0.4) is 0 Å². The van der Waals surface area contributed by atoms with Gasteiger partial charge in [-0.1, -0.05) is 44.8 Å². The maximum absolute atomic E-state index is 13.3. The summed E-state index contributed by atoms with van der Waals surface area (Å²) in [6.07, 6.45) is 3.33. The van der Waals surface area contributed by atoms with Crippen LogP contribution in [0.15, 0.2) is 59.6 Å². The maximum Gasteiger partial charge on any atom is 0.268 e. The van der Waals surface area contributed by atoms with Crippen molar-refractivity contribution in [1.29, 1.82) is 0 Å². The summed E-state index contributed by atoms with van der Waals surface area (Å²) in [6.45, 7) is 13.7. The Morgan fingerprint density at radius 1 is 1.14 bits per heavy atom. The summed E-state index contributed by atoms with van der Waals surface area (Å²) in [5, 5.41) is 4.52. The van der Waals surface area contributed by atoms with E-state index < -0.39 is 24.0 Å². The minimum atomic E-state index is -4.04. The van der Waals surface area contributed by atoms with Crippen molar-refractivity contribution < 1.29 is 17.9 Å². The summed E-state index contributed by atoms with van der Waals surface area (Å²) >= 11 is 0. The fourth-order valence-corrected chi connectivity index (χ4v) is 6.11. The first-order valence-electron chi connectivity index (χ1n) is 12.3. The minimum Gasteiger partial charge on any atom is -0.480 e. The predicted molar refractivity (Wildman–Crippen MR) is 146 cm³/mol. The molecule has 0 radical (unpaired) electrons. The van der Waals surface area contributed by atoms with Gasteiger partial charge in [-0.25, -0.2) is 22.8 Å². The highest BCUT2D eigenvalue weighted by atomic mass is 32.2. The van der Waals surface area contributed by atoms with Crippen LogP contribution in [0.25, 0.3) is 5.82 Å². The molecule has 9 nitrogen and oxygen atoms in total. The number of benzene rings is 1. The molecular formula is C26H35N5O4SSi. The zero-order chi connectivity index (χ0) is 27.0. The Kier molecular flexibility index (Phi) is 7.22. The molecule has 3 heterocycles. The fourth-order valence-electron chi connectivity index (χ4n) is 4.55. The van der Waals surface area contributed by atoms with E-state index in [9.17, 15) is 13.2 Å². The van der Waals surface area contributed by atoms with E-state index in [1.807, 2.05) is 0 Å². The summed E-state index contributed by atoms with van der Waals surface area (Å²) in [5.41, 5.74) is -0.0820. The van der Waals surface area contributed by atoms with Crippen molar-refractivity contribution in [2.45, 2.75) is 57.3 Å². The Hall–Kier alpha value is -3.18. The highest BCUT2D eigenvalue weighted by Gasteiger charge is 2.39. The molecule has 1 fully saturated rings. The lowest BCUT2D eigenvalue weighted by Crippen LogP contribution is -2.41. The Morgan fingerprint density at radius 3 is 2.46 bits per heavy atom. The van der Waals surface area contributed by atoms with Crippen LogP contribution >= 0.6 is 0 Å². The van der Waals surface area contributed by atoms with Crippen LogP contribution in [0.2, 0.25) is 19.6 Å². The highest BCUT2D eigenvalue weighted by molar-refractivity contribution is 7.90. The molecule has 0 unspecified atom stereocenters. The van der Waals surface area contributed by atoms with E-state index in [1.165, 1.54) is 12.1 Å². The van der Waals surface area contributed by atoms with Crippen LogP contribution in [0.5, 0.6) is 5.88 Å². The molecule has 1 saturated heterocycles. The molecule has 1 atom stereocenters. The van der Waals surface area contributed by atoms with Gasteiger partial charge in [-0.15, -0.1) is 5.10 Å².